The van der Waals surface area contributed by atoms with Gasteiger partial charge in [0.15, 0.2) is 0 Å². The maximum Gasteiger partial charge on any atom is 0.0641 e. The van der Waals surface area contributed by atoms with E-state index in [2.05, 4.69) is 71.5 Å². The van der Waals surface area contributed by atoms with Crippen LogP contribution in [0.1, 0.15) is 47.8 Å². The van der Waals surface area contributed by atoms with Gasteiger partial charge in [-0.15, -0.1) is 12.4 Å². The molecule has 1 aromatic heterocycles. The quantitative estimate of drug-likeness (QED) is 0.727. The van der Waals surface area contributed by atoms with Gasteiger partial charge in [-0.25, -0.2) is 0 Å². The summed E-state index contributed by atoms with van der Waals surface area (Å²) in [6.07, 6.45) is 2.70. The van der Waals surface area contributed by atoms with E-state index >= 15 is 0 Å². The number of rotatable bonds is 6. The van der Waals surface area contributed by atoms with Gasteiger partial charge in [0.25, 0.3) is 0 Å². The molecule has 0 radical (unpaired) electrons. The highest BCUT2D eigenvalue weighted by molar-refractivity contribution is 5.85. The zero-order valence-electron chi connectivity index (χ0n) is 17.9. The molecule has 154 valence electrons. The van der Waals surface area contributed by atoms with Gasteiger partial charge in [0.1, 0.15) is 0 Å². The topological polar surface area (TPSA) is 24.3 Å². The Morgan fingerprint density at radius 2 is 1.54 bits per heavy atom. The molecule has 0 bridgehead atoms. The summed E-state index contributed by atoms with van der Waals surface area (Å²) in [5.74, 6) is 0. The Hall–Kier alpha value is -1.36. The van der Waals surface area contributed by atoms with Crippen LogP contribution in [0, 0.1) is 20.8 Å². The number of nitrogens with zero attached hydrogens (tertiary/aromatic N) is 4. The molecule has 4 rings (SSSR count). The second-order valence-corrected chi connectivity index (χ2v) is 8.66. The molecule has 0 atom stereocenters. The Balaban J connectivity index is 0.00000225. The summed E-state index contributed by atoms with van der Waals surface area (Å²) >= 11 is 0. The summed E-state index contributed by atoms with van der Waals surface area (Å²) in [5.41, 5.74) is 7.32. The van der Waals surface area contributed by atoms with E-state index in [1.807, 2.05) is 0 Å². The van der Waals surface area contributed by atoms with E-state index in [9.17, 15) is 0 Å². The van der Waals surface area contributed by atoms with Gasteiger partial charge in [-0.2, -0.15) is 5.10 Å². The summed E-state index contributed by atoms with van der Waals surface area (Å²) < 4.78 is 2.14. The van der Waals surface area contributed by atoms with Crippen molar-refractivity contribution in [2.24, 2.45) is 0 Å². The Kier molecular flexibility index (Phi) is 6.53. The number of aryl methyl sites for hydroxylation is 3. The molecule has 1 aliphatic heterocycles. The molecule has 0 amide bonds. The Bertz CT molecular complexity index is 784. The summed E-state index contributed by atoms with van der Waals surface area (Å²) in [7, 11) is 0. The van der Waals surface area contributed by atoms with Gasteiger partial charge in [-0.1, -0.05) is 29.8 Å². The van der Waals surface area contributed by atoms with Crippen LogP contribution in [0.4, 0.5) is 0 Å². The Morgan fingerprint density at radius 1 is 0.929 bits per heavy atom. The van der Waals surface area contributed by atoms with Crippen molar-refractivity contribution >= 4 is 12.4 Å². The molecule has 2 aliphatic rings. The molecule has 2 heterocycles. The third-order valence-corrected chi connectivity index (χ3v) is 6.72. The lowest BCUT2D eigenvalue weighted by molar-refractivity contribution is 0.118. The first-order chi connectivity index (χ1) is 13.0. The largest absolute Gasteiger partial charge is 0.300 e. The number of halogens is 1. The first-order valence-electron chi connectivity index (χ1n) is 10.6. The molecule has 28 heavy (non-hydrogen) atoms. The first-order valence-corrected chi connectivity index (χ1v) is 10.6. The second-order valence-electron chi connectivity index (χ2n) is 8.66. The highest BCUT2D eigenvalue weighted by atomic mass is 35.5. The SMILES string of the molecule is CCn1nc(C)c(CN2CCN(CC3(c4ccc(C)cc4)CC3)CC2)c1C.Cl. The fraction of sp³-hybridized carbons (Fsp3) is 0.609. The lowest BCUT2D eigenvalue weighted by atomic mass is 9.94. The molecule has 5 heteroatoms. The van der Waals surface area contributed by atoms with Crippen molar-refractivity contribution in [3.8, 4) is 0 Å². The third-order valence-electron chi connectivity index (χ3n) is 6.72. The normalized spacial score (nSPS) is 19.4. The lowest BCUT2D eigenvalue weighted by Gasteiger charge is -2.37. The van der Waals surface area contributed by atoms with Gasteiger partial charge >= 0.3 is 0 Å². The second kappa shape index (κ2) is 8.56. The van der Waals surface area contributed by atoms with Crippen molar-refractivity contribution in [1.82, 2.24) is 19.6 Å². The van der Waals surface area contributed by atoms with Crippen LogP contribution in [0.5, 0.6) is 0 Å². The van der Waals surface area contributed by atoms with Crippen molar-refractivity contribution < 1.29 is 0 Å². The van der Waals surface area contributed by atoms with Gasteiger partial charge in [0.05, 0.1) is 5.69 Å². The van der Waals surface area contributed by atoms with E-state index in [1.165, 1.54) is 68.1 Å². The number of hydrogen-bond acceptors (Lipinski definition) is 3. The monoisotopic (exact) mass is 402 g/mol. The predicted octanol–water partition coefficient (Wildman–Crippen LogP) is 4.10. The van der Waals surface area contributed by atoms with Crippen molar-refractivity contribution in [1.29, 1.82) is 0 Å². The number of hydrogen-bond donors (Lipinski definition) is 0. The molecule has 2 fully saturated rings. The van der Waals surface area contributed by atoms with Crippen LogP contribution in [0.25, 0.3) is 0 Å². The van der Waals surface area contributed by atoms with Crippen LogP contribution in [0.2, 0.25) is 0 Å². The van der Waals surface area contributed by atoms with E-state index in [-0.39, 0.29) is 12.4 Å². The molecule has 1 saturated carbocycles. The van der Waals surface area contributed by atoms with Crippen molar-refractivity contribution in [2.45, 2.75) is 59.0 Å². The molecule has 1 aromatic carbocycles. The minimum Gasteiger partial charge on any atom is -0.300 e. The maximum absolute atomic E-state index is 4.69. The van der Waals surface area contributed by atoms with Gasteiger partial charge < -0.3 is 0 Å². The van der Waals surface area contributed by atoms with Gasteiger partial charge in [-0.3, -0.25) is 14.5 Å². The van der Waals surface area contributed by atoms with Crippen molar-refractivity contribution in [3.63, 3.8) is 0 Å². The molecule has 0 spiro atoms. The summed E-state index contributed by atoms with van der Waals surface area (Å²) in [6, 6.07) is 9.26. The van der Waals surface area contributed by atoms with Crippen LogP contribution in [0.3, 0.4) is 0 Å². The summed E-state index contributed by atoms with van der Waals surface area (Å²) in [6.45, 7) is 16.7. The predicted molar refractivity (Wildman–Crippen MR) is 118 cm³/mol. The molecule has 4 nitrogen and oxygen atoms in total. The molecule has 2 aromatic rings. The fourth-order valence-corrected chi connectivity index (χ4v) is 4.62. The Morgan fingerprint density at radius 3 is 2.07 bits per heavy atom. The van der Waals surface area contributed by atoms with E-state index in [4.69, 9.17) is 0 Å². The highest BCUT2D eigenvalue weighted by Crippen LogP contribution is 2.48. The molecular weight excluding hydrogens is 368 g/mol. The van der Waals surface area contributed by atoms with Crippen LogP contribution in [0.15, 0.2) is 24.3 Å². The van der Waals surface area contributed by atoms with Gasteiger partial charge in [0, 0.05) is 62.5 Å². The number of aromatic nitrogens is 2. The maximum atomic E-state index is 4.69. The molecule has 0 N–H and O–H groups in total. The smallest absolute Gasteiger partial charge is 0.0641 e. The minimum absolute atomic E-state index is 0. The minimum atomic E-state index is 0. The van der Waals surface area contributed by atoms with Crippen LogP contribution >= 0.6 is 12.4 Å². The molecule has 0 unspecified atom stereocenters. The number of piperazine rings is 1. The average molecular weight is 403 g/mol. The van der Waals surface area contributed by atoms with Gasteiger partial charge in [-0.05, 0) is 46.1 Å². The van der Waals surface area contributed by atoms with Crippen molar-refractivity contribution in [2.75, 3.05) is 32.7 Å². The fourth-order valence-electron chi connectivity index (χ4n) is 4.62. The van der Waals surface area contributed by atoms with Crippen molar-refractivity contribution in [3.05, 3.63) is 52.3 Å². The average Bonchev–Trinajstić information content (AvgIpc) is 3.40. The number of benzene rings is 1. The standard InChI is InChI=1S/C23H34N4.ClH/c1-5-27-20(4)22(19(3)24-27)16-25-12-14-26(15-13-25)17-23(10-11-23)21-8-6-18(2)7-9-21;/h6-9H,5,10-17H2,1-4H3;1H. The highest BCUT2D eigenvalue weighted by Gasteiger charge is 2.45. The zero-order chi connectivity index (χ0) is 19.0. The van der Waals surface area contributed by atoms with Crippen LogP contribution in [-0.2, 0) is 18.5 Å². The zero-order valence-corrected chi connectivity index (χ0v) is 18.7. The summed E-state index contributed by atoms with van der Waals surface area (Å²) in [4.78, 5) is 5.30. The van der Waals surface area contributed by atoms with Gasteiger partial charge in [0.2, 0.25) is 0 Å². The lowest BCUT2D eigenvalue weighted by Crippen LogP contribution is -2.48. The van der Waals surface area contributed by atoms with E-state index in [0.29, 0.717) is 5.41 Å². The van der Waals surface area contributed by atoms with Crippen LogP contribution in [-0.4, -0.2) is 52.3 Å². The Labute approximate surface area is 176 Å². The molecule has 1 aliphatic carbocycles. The first kappa shape index (κ1) is 21.4. The van der Waals surface area contributed by atoms with E-state index < -0.39 is 0 Å². The van der Waals surface area contributed by atoms with Crippen LogP contribution < -0.4 is 0 Å². The molecular formula is C23H35ClN4. The van der Waals surface area contributed by atoms with E-state index in [1.54, 1.807) is 5.56 Å². The molecule has 1 saturated heterocycles. The third kappa shape index (κ3) is 4.29. The van der Waals surface area contributed by atoms with E-state index in [0.717, 1.165) is 13.1 Å². The summed E-state index contributed by atoms with van der Waals surface area (Å²) in [5, 5.41) is 4.69.